The highest BCUT2D eigenvalue weighted by Crippen LogP contribution is 2.23. The summed E-state index contributed by atoms with van der Waals surface area (Å²) < 4.78 is 6.39. The van der Waals surface area contributed by atoms with Gasteiger partial charge in [-0.1, -0.05) is 15.9 Å². The van der Waals surface area contributed by atoms with Crippen LogP contribution in [-0.2, 0) is 4.74 Å². The van der Waals surface area contributed by atoms with Gasteiger partial charge in [0, 0.05) is 16.6 Å². The van der Waals surface area contributed by atoms with Crippen molar-refractivity contribution in [1.82, 2.24) is 4.90 Å². The Kier molecular flexibility index (Phi) is 3.78. The lowest BCUT2D eigenvalue weighted by molar-refractivity contribution is -0.0370. The highest BCUT2D eigenvalue weighted by Gasteiger charge is 2.34. The van der Waals surface area contributed by atoms with E-state index in [1.165, 1.54) is 0 Å². The van der Waals surface area contributed by atoms with Gasteiger partial charge in [-0.3, -0.25) is 4.79 Å². The Morgan fingerprint density at radius 3 is 2.72 bits per heavy atom. The van der Waals surface area contributed by atoms with Crippen LogP contribution >= 0.6 is 15.9 Å². The van der Waals surface area contributed by atoms with E-state index in [1.807, 2.05) is 43.9 Å². The van der Waals surface area contributed by atoms with Gasteiger partial charge >= 0.3 is 0 Å². The largest absolute Gasteiger partial charge is 0.377 e. The molecule has 3 nitrogen and oxygen atoms in total. The first kappa shape index (κ1) is 13.6. The lowest BCUT2D eigenvalue weighted by Gasteiger charge is -2.42. The minimum absolute atomic E-state index is 0.0766. The zero-order valence-corrected chi connectivity index (χ0v) is 12.6. The lowest BCUT2D eigenvalue weighted by Crippen LogP contribution is -2.55. The van der Waals surface area contributed by atoms with Crippen molar-refractivity contribution in [3.8, 4) is 0 Å². The Bertz CT molecular complexity index is 451. The molecule has 1 aliphatic rings. The first-order chi connectivity index (χ1) is 8.40. The summed E-state index contributed by atoms with van der Waals surface area (Å²) in [7, 11) is 0. The molecule has 1 saturated heterocycles. The molecule has 0 aromatic heterocycles. The molecule has 98 valence electrons. The molecule has 18 heavy (non-hydrogen) atoms. The van der Waals surface area contributed by atoms with Crippen LogP contribution in [0.3, 0.4) is 0 Å². The molecule has 1 aliphatic heterocycles. The van der Waals surface area contributed by atoms with Gasteiger partial charge < -0.3 is 9.64 Å². The third kappa shape index (κ3) is 2.75. The summed E-state index contributed by atoms with van der Waals surface area (Å²) in [5.41, 5.74) is 1.57. The number of amides is 1. The molecule has 0 saturated carbocycles. The number of ether oxygens (including phenoxy) is 1. The number of morpholine rings is 1. The second-order valence-electron chi connectivity index (χ2n) is 5.34. The van der Waals surface area contributed by atoms with E-state index in [4.69, 9.17) is 4.74 Å². The fraction of sp³-hybridized carbons (Fsp3) is 0.500. The number of benzene rings is 1. The first-order valence-corrected chi connectivity index (χ1v) is 6.86. The van der Waals surface area contributed by atoms with E-state index in [0.29, 0.717) is 19.8 Å². The molecule has 1 aromatic carbocycles. The van der Waals surface area contributed by atoms with Gasteiger partial charge in [0.25, 0.3) is 5.91 Å². The molecular weight excluding hydrogens is 294 g/mol. The van der Waals surface area contributed by atoms with Gasteiger partial charge in [0.2, 0.25) is 0 Å². The normalized spacial score (nSPS) is 18.8. The number of nitrogens with zero attached hydrogens (tertiary/aromatic N) is 1. The van der Waals surface area contributed by atoms with Gasteiger partial charge in [0.05, 0.1) is 18.8 Å². The van der Waals surface area contributed by atoms with Gasteiger partial charge in [0.1, 0.15) is 0 Å². The van der Waals surface area contributed by atoms with E-state index in [9.17, 15) is 4.79 Å². The number of hydrogen-bond donors (Lipinski definition) is 0. The zero-order chi connectivity index (χ0) is 13.3. The van der Waals surface area contributed by atoms with Crippen molar-refractivity contribution in [3.63, 3.8) is 0 Å². The molecule has 1 fully saturated rings. The van der Waals surface area contributed by atoms with E-state index in [-0.39, 0.29) is 11.4 Å². The zero-order valence-electron chi connectivity index (χ0n) is 11.0. The minimum atomic E-state index is -0.244. The molecule has 4 heteroatoms. The highest BCUT2D eigenvalue weighted by molar-refractivity contribution is 9.10. The molecule has 1 heterocycles. The molecule has 0 unspecified atom stereocenters. The Morgan fingerprint density at radius 2 is 2.11 bits per heavy atom. The van der Waals surface area contributed by atoms with Crippen LogP contribution in [0.1, 0.15) is 29.8 Å². The van der Waals surface area contributed by atoms with Crippen LogP contribution in [-0.4, -0.2) is 36.1 Å². The van der Waals surface area contributed by atoms with E-state index >= 15 is 0 Å². The molecule has 0 aliphatic carbocycles. The first-order valence-electron chi connectivity index (χ1n) is 6.07. The fourth-order valence-electron chi connectivity index (χ4n) is 2.25. The summed E-state index contributed by atoms with van der Waals surface area (Å²) in [5, 5.41) is 0. The molecule has 0 bridgehead atoms. The summed E-state index contributed by atoms with van der Waals surface area (Å²) in [6.45, 7) is 7.92. The second kappa shape index (κ2) is 5.02. The molecule has 1 amide bonds. The Labute approximate surface area is 116 Å². The van der Waals surface area contributed by atoms with Gasteiger partial charge in [-0.25, -0.2) is 0 Å². The van der Waals surface area contributed by atoms with Gasteiger partial charge in [-0.2, -0.15) is 0 Å². The van der Waals surface area contributed by atoms with E-state index < -0.39 is 0 Å². The standard InChI is InChI=1S/C14H18BrNO2/c1-10-6-11(8-12(15)7-10)13(17)16-4-5-18-9-14(16,2)3/h6-8H,4-5,9H2,1-3H3. The van der Waals surface area contributed by atoms with Crippen molar-refractivity contribution >= 4 is 21.8 Å². The van der Waals surface area contributed by atoms with Crippen LogP contribution in [0.2, 0.25) is 0 Å². The molecule has 0 radical (unpaired) electrons. The summed E-state index contributed by atoms with van der Waals surface area (Å²) >= 11 is 3.44. The summed E-state index contributed by atoms with van der Waals surface area (Å²) in [4.78, 5) is 14.5. The molecule has 0 atom stereocenters. The van der Waals surface area contributed by atoms with Crippen LogP contribution in [0.25, 0.3) is 0 Å². The van der Waals surface area contributed by atoms with Crippen LogP contribution in [0.5, 0.6) is 0 Å². The topological polar surface area (TPSA) is 29.5 Å². The van der Waals surface area contributed by atoms with Crippen molar-refractivity contribution in [2.75, 3.05) is 19.8 Å². The second-order valence-corrected chi connectivity index (χ2v) is 6.25. The molecule has 0 N–H and O–H groups in total. The van der Waals surface area contributed by atoms with E-state index in [2.05, 4.69) is 15.9 Å². The van der Waals surface area contributed by atoms with Gasteiger partial charge in [-0.05, 0) is 44.5 Å². The van der Waals surface area contributed by atoms with Gasteiger partial charge in [0.15, 0.2) is 0 Å². The third-order valence-electron chi connectivity index (χ3n) is 3.18. The molecule has 1 aromatic rings. The quantitative estimate of drug-likeness (QED) is 0.798. The predicted molar refractivity (Wildman–Crippen MR) is 74.8 cm³/mol. The van der Waals surface area contributed by atoms with Gasteiger partial charge in [-0.15, -0.1) is 0 Å². The van der Waals surface area contributed by atoms with Crippen molar-refractivity contribution in [3.05, 3.63) is 33.8 Å². The maximum Gasteiger partial charge on any atom is 0.254 e. The van der Waals surface area contributed by atoms with E-state index in [1.54, 1.807) is 0 Å². The monoisotopic (exact) mass is 311 g/mol. The van der Waals surface area contributed by atoms with Crippen LogP contribution in [0, 0.1) is 6.92 Å². The Morgan fingerprint density at radius 1 is 1.39 bits per heavy atom. The van der Waals surface area contributed by atoms with Crippen molar-refractivity contribution in [1.29, 1.82) is 0 Å². The average Bonchev–Trinajstić information content (AvgIpc) is 2.26. The maximum absolute atomic E-state index is 12.6. The SMILES string of the molecule is Cc1cc(Br)cc(C(=O)N2CCOCC2(C)C)c1. The van der Waals surface area contributed by atoms with Crippen LogP contribution < -0.4 is 0 Å². The minimum Gasteiger partial charge on any atom is -0.377 e. The summed E-state index contributed by atoms with van der Waals surface area (Å²) in [5.74, 6) is 0.0766. The number of hydrogen-bond acceptors (Lipinski definition) is 2. The van der Waals surface area contributed by atoms with Crippen LogP contribution in [0.15, 0.2) is 22.7 Å². The molecule has 2 rings (SSSR count). The maximum atomic E-state index is 12.6. The predicted octanol–water partition coefficient (Wildman–Crippen LogP) is 3.01. The van der Waals surface area contributed by atoms with Crippen LogP contribution in [0.4, 0.5) is 0 Å². The third-order valence-corrected chi connectivity index (χ3v) is 3.64. The highest BCUT2D eigenvalue weighted by atomic mass is 79.9. The number of aryl methyl sites for hydroxylation is 1. The number of carbonyl (C=O) groups excluding carboxylic acids is 1. The Balaban J connectivity index is 2.30. The van der Waals surface area contributed by atoms with E-state index in [0.717, 1.165) is 15.6 Å². The van der Waals surface area contributed by atoms with Crippen molar-refractivity contribution in [2.24, 2.45) is 0 Å². The Hall–Kier alpha value is -0.870. The number of carbonyl (C=O) groups is 1. The number of rotatable bonds is 1. The fourth-order valence-corrected chi connectivity index (χ4v) is 2.86. The average molecular weight is 312 g/mol. The smallest absolute Gasteiger partial charge is 0.254 e. The van der Waals surface area contributed by atoms with Crippen molar-refractivity contribution < 1.29 is 9.53 Å². The summed E-state index contributed by atoms with van der Waals surface area (Å²) in [6.07, 6.45) is 0. The van der Waals surface area contributed by atoms with Crippen molar-refractivity contribution in [2.45, 2.75) is 26.3 Å². The summed E-state index contributed by atoms with van der Waals surface area (Å²) in [6, 6.07) is 5.81. The lowest BCUT2D eigenvalue weighted by atomic mass is 10.0. The number of halogens is 1. The molecular formula is C14H18BrNO2. The molecule has 0 spiro atoms.